The van der Waals surface area contributed by atoms with Crippen molar-refractivity contribution in [2.45, 2.75) is 4.90 Å². The highest BCUT2D eigenvalue weighted by Gasteiger charge is 2.23. The van der Waals surface area contributed by atoms with Gasteiger partial charge in [0.15, 0.2) is 0 Å². The van der Waals surface area contributed by atoms with Crippen molar-refractivity contribution in [2.24, 2.45) is 5.10 Å². The Morgan fingerprint density at radius 3 is 2.16 bits per heavy atom. The van der Waals surface area contributed by atoms with Crippen LogP contribution in [0, 0.1) is 20.2 Å². The minimum Gasteiger partial charge on any atom is -0.455 e. The Kier molecular flexibility index (Phi) is 7.18. The Labute approximate surface area is 214 Å². The van der Waals surface area contributed by atoms with Crippen molar-refractivity contribution >= 4 is 50.6 Å². The average Bonchev–Trinajstić information content (AvgIpc) is 3.34. The van der Waals surface area contributed by atoms with Gasteiger partial charge in [-0.2, -0.15) is 5.10 Å². The molecule has 0 saturated heterocycles. The molecule has 37 heavy (non-hydrogen) atoms. The fourth-order valence-corrected chi connectivity index (χ4v) is 4.52. The molecule has 0 amide bonds. The number of halogens is 1. The van der Waals surface area contributed by atoms with Gasteiger partial charge in [0.25, 0.3) is 21.4 Å². The number of benzene rings is 3. The number of nitro groups is 2. The lowest BCUT2D eigenvalue weighted by Gasteiger charge is -2.12. The molecule has 0 spiro atoms. The SMILES string of the molecule is O=[N+]([O-])c1ccc(-c2ccc(C=NNc3ccc([N+](=O)[O-])cc3S(=O)(=O)Nc3ccc(Cl)cc3)o2)cc1. The number of non-ortho nitro benzene ring substituents is 2. The summed E-state index contributed by atoms with van der Waals surface area (Å²) < 4.78 is 34.0. The lowest BCUT2D eigenvalue weighted by molar-refractivity contribution is -0.385. The predicted octanol–water partition coefficient (Wildman–Crippen LogP) is 5.66. The second-order valence-corrected chi connectivity index (χ2v) is 9.51. The van der Waals surface area contributed by atoms with Gasteiger partial charge in [-0.3, -0.25) is 30.4 Å². The summed E-state index contributed by atoms with van der Waals surface area (Å²) in [6.07, 6.45) is 1.28. The number of rotatable bonds is 9. The lowest BCUT2D eigenvalue weighted by Crippen LogP contribution is -2.15. The molecule has 0 aliphatic carbocycles. The Morgan fingerprint density at radius 1 is 0.865 bits per heavy atom. The normalized spacial score (nSPS) is 11.4. The van der Waals surface area contributed by atoms with Gasteiger partial charge >= 0.3 is 0 Å². The van der Waals surface area contributed by atoms with Crippen LogP contribution in [0.4, 0.5) is 22.7 Å². The third kappa shape index (κ3) is 6.09. The van der Waals surface area contributed by atoms with Crippen molar-refractivity contribution in [2.75, 3.05) is 10.1 Å². The topological polar surface area (TPSA) is 170 Å². The summed E-state index contributed by atoms with van der Waals surface area (Å²) in [5, 5.41) is 26.4. The zero-order valence-electron chi connectivity index (χ0n) is 18.6. The molecule has 0 saturated carbocycles. The monoisotopic (exact) mass is 541 g/mol. The Morgan fingerprint density at radius 2 is 1.51 bits per heavy atom. The molecule has 2 N–H and O–H groups in total. The molecule has 188 valence electrons. The molecular weight excluding hydrogens is 526 g/mol. The van der Waals surface area contributed by atoms with Gasteiger partial charge in [-0.15, -0.1) is 0 Å². The van der Waals surface area contributed by atoms with Crippen LogP contribution in [-0.4, -0.2) is 24.5 Å². The van der Waals surface area contributed by atoms with E-state index >= 15 is 0 Å². The van der Waals surface area contributed by atoms with E-state index in [4.69, 9.17) is 16.0 Å². The molecule has 3 aromatic carbocycles. The van der Waals surface area contributed by atoms with Crippen LogP contribution in [0.5, 0.6) is 0 Å². The molecule has 4 aromatic rings. The van der Waals surface area contributed by atoms with E-state index in [0.717, 1.165) is 12.1 Å². The molecule has 0 unspecified atom stereocenters. The highest BCUT2D eigenvalue weighted by molar-refractivity contribution is 7.92. The van der Waals surface area contributed by atoms with Crippen molar-refractivity contribution < 1.29 is 22.7 Å². The number of anilines is 2. The third-order valence-electron chi connectivity index (χ3n) is 4.93. The molecule has 0 aliphatic rings. The van der Waals surface area contributed by atoms with Crippen LogP contribution in [0.2, 0.25) is 5.02 Å². The summed E-state index contributed by atoms with van der Waals surface area (Å²) in [4.78, 5) is 20.4. The maximum Gasteiger partial charge on any atom is 0.270 e. The van der Waals surface area contributed by atoms with E-state index in [0.29, 0.717) is 22.1 Å². The van der Waals surface area contributed by atoms with Gasteiger partial charge in [0.05, 0.1) is 21.7 Å². The van der Waals surface area contributed by atoms with E-state index in [1.165, 1.54) is 60.8 Å². The second-order valence-electron chi connectivity index (χ2n) is 7.43. The first-order chi connectivity index (χ1) is 17.6. The molecule has 0 bridgehead atoms. The van der Waals surface area contributed by atoms with Crippen LogP contribution in [0.15, 0.2) is 93.3 Å². The quantitative estimate of drug-likeness (QED) is 0.155. The second kappa shape index (κ2) is 10.5. The standard InChI is InChI=1S/C23H16ClN5O7S/c24-16-3-5-17(6-4-16)27-37(34,35)23-13-19(29(32)33)9-11-21(23)26-25-14-20-10-12-22(36-20)15-1-7-18(8-2-15)28(30)31/h1-14,26-27H. The van der Waals surface area contributed by atoms with Crippen molar-refractivity contribution in [3.63, 3.8) is 0 Å². The van der Waals surface area contributed by atoms with Gasteiger partial charge in [0.1, 0.15) is 16.4 Å². The summed E-state index contributed by atoms with van der Waals surface area (Å²) in [6, 6.07) is 18.2. The Hall–Kier alpha value is -4.75. The molecule has 12 nitrogen and oxygen atoms in total. The fourth-order valence-electron chi connectivity index (χ4n) is 3.16. The maximum absolute atomic E-state index is 13.0. The number of sulfonamides is 1. The average molecular weight is 542 g/mol. The van der Waals surface area contributed by atoms with E-state index in [-0.39, 0.29) is 17.1 Å². The molecule has 0 aliphatic heterocycles. The van der Waals surface area contributed by atoms with Crippen molar-refractivity contribution in [1.29, 1.82) is 0 Å². The Balaban J connectivity index is 1.56. The molecule has 0 fully saturated rings. The minimum atomic E-state index is -4.25. The van der Waals surface area contributed by atoms with E-state index in [2.05, 4.69) is 15.2 Å². The van der Waals surface area contributed by atoms with Gasteiger partial charge in [0, 0.05) is 40.5 Å². The van der Waals surface area contributed by atoms with Crippen LogP contribution in [0.3, 0.4) is 0 Å². The number of nitrogens with zero attached hydrogens (tertiary/aromatic N) is 3. The molecule has 1 heterocycles. The van der Waals surface area contributed by atoms with Crippen molar-refractivity contribution in [3.05, 3.63) is 110 Å². The zero-order valence-corrected chi connectivity index (χ0v) is 20.1. The van der Waals surface area contributed by atoms with E-state index < -0.39 is 30.5 Å². The minimum absolute atomic E-state index is 0.0227. The van der Waals surface area contributed by atoms with Crippen LogP contribution < -0.4 is 10.1 Å². The van der Waals surface area contributed by atoms with Crippen LogP contribution in [0.1, 0.15) is 5.76 Å². The zero-order chi connectivity index (χ0) is 26.6. The number of nitro benzene ring substituents is 2. The van der Waals surface area contributed by atoms with Crippen molar-refractivity contribution in [3.8, 4) is 11.3 Å². The fraction of sp³-hybridized carbons (Fsp3) is 0. The number of furan rings is 1. The largest absolute Gasteiger partial charge is 0.455 e. The molecule has 0 radical (unpaired) electrons. The summed E-state index contributed by atoms with van der Waals surface area (Å²) in [5.41, 5.74) is 2.88. The predicted molar refractivity (Wildman–Crippen MR) is 137 cm³/mol. The van der Waals surface area contributed by atoms with Gasteiger partial charge in [-0.1, -0.05) is 11.6 Å². The summed E-state index contributed by atoms with van der Waals surface area (Å²) in [6.45, 7) is 0. The molecule has 14 heteroatoms. The maximum atomic E-state index is 13.0. The van der Waals surface area contributed by atoms with E-state index in [1.807, 2.05) is 0 Å². The number of nitrogens with one attached hydrogen (secondary N) is 2. The van der Waals surface area contributed by atoms with Gasteiger partial charge < -0.3 is 4.42 Å². The summed E-state index contributed by atoms with van der Waals surface area (Å²) in [5.74, 6) is 0.730. The number of hydrazone groups is 1. The van der Waals surface area contributed by atoms with Crippen LogP contribution >= 0.6 is 11.6 Å². The first-order valence-electron chi connectivity index (χ1n) is 10.3. The highest BCUT2D eigenvalue weighted by Crippen LogP contribution is 2.29. The first-order valence-corrected chi connectivity index (χ1v) is 12.2. The van der Waals surface area contributed by atoms with E-state index in [1.54, 1.807) is 12.1 Å². The molecule has 0 atom stereocenters. The van der Waals surface area contributed by atoms with Crippen LogP contribution in [0.25, 0.3) is 11.3 Å². The van der Waals surface area contributed by atoms with E-state index in [9.17, 15) is 28.6 Å². The first kappa shape index (κ1) is 25.3. The smallest absolute Gasteiger partial charge is 0.270 e. The molecule has 4 rings (SSSR count). The van der Waals surface area contributed by atoms with Crippen LogP contribution in [-0.2, 0) is 10.0 Å². The highest BCUT2D eigenvalue weighted by atomic mass is 35.5. The third-order valence-corrected chi connectivity index (χ3v) is 6.60. The lowest BCUT2D eigenvalue weighted by atomic mass is 10.1. The number of hydrogen-bond acceptors (Lipinski definition) is 9. The Bertz CT molecular complexity index is 1600. The summed E-state index contributed by atoms with van der Waals surface area (Å²) >= 11 is 5.83. The summed E-state index contributed by atoms with van der Waals surface area (Å²) in [7, 11) is -4.25. The van der Waals surface area contributed by atoms with Gasteiger partial charge in [-0.05, 0) is 54.6 Å². The number of hydrogen-bond donors (Lipinski definition) is 2. The van der Waals surface area contributed by atoms with Gasteiger partial charge in [-0.25, -0.2) is 8.42 Å². The molecular formula is C23H16ClN5O7S. The van der Waals surface area contributed by atoms with Gasteiger partial charge in [0.2, 0.25) is 0 Å². The van der Waals surface area contributed by atoms with Crippen molar-refractivity contribution in [1.82, 2.24) is 0 Å². The molecule has 1 aromatic heterocycles.